The van der Waals surface area contributed by atoms with E-state index in [0.29, 0.717) is 18.0 Å². The van der Waals surface area contributed by atoms with Gasteiger partial charge in [0.15, 0.2) is 5.69 Å². The fourth-order valence-corrected chi connectivity index (χ4v) is 2.70. The summed E-state index contributed by atoms with van der Waals surface area (Å²) in [5.74, 6) is 0.186. The number of aromatic nitrogens is 2. The molecule has 1 N–H and O–H groups in total. The van der Waals surface area contributed by atoms with Gasteiger partial charge in [-0.1, -0.05) is 0 Å². The summed E-state index contributed by atoms with van der Waals surface area (Å²) in [4.78, 5) is 12.3. The Kier molecular flexibility index (Phi) is 5.76. The first kappa shape index (κ1) is 19.3. The molecular weight excluding hydrogens is 403 g/mol. The fourth-order valence-electron chi connectivity index (χ4n) is 2.22. The molecule has 1 heterocycles. The summed E-state index contributed by atoms with van der Waals surface area (Å²) in [5.41, 5.74) is -0.312. The predicted molar refractivity (Wildman–Crippen MR) is 90.6 cm³/mol. The predicted octanol–water partition coefficient (Wildman–Crippen LogP) is 4.57. The lowest BCUT2D eigenvalue weighted by atomic mass is 10.2. The van der Waals surface area contributed by atoms with E-state index in [2.05, 4.69) is 26.3 Å². The Hall–Kier alpha value is -2.03. The highest BCUT2D eigenvalue weighted by Crippen LogP contribution is 2.36. The van der Waals surface area contributed by atoms with E-state index >= 15 is 0 Å². The van der Waals surface area contributed by atoms with Gasteiger partial charge in [0, 0.05) is 5.69 Å². The third-order valence-corrected chi connectivity index (χ3v) is 4.47. The molecule has 2 aromatic rings. The molecule has 2 rings (SSSR count). The number of amides is 1. The Bertz CT molecular complexity index is 757. The zero-order valence-electron chi connectivity index (χ0n) is 13.8. The van der Waals surface area contributed by atoms with Crippen molar-refractivity contribution >= 4 is 27.5 Å². The maximum atomic E-state index is 12.9. The molecule has 1 amide bonds. The van der Waals surface area contributed by atoms with Crippen LogP contribution in [0.3, 0.4) is 0 Å². The zero-order chi connectivity index (χ0) is 18.8. The number of rotatable bonds is 5. The summed E-state index contributed by atoms with van der Waals surface area (Å²) < 4.78 is 45.0. The smallest absolute Gasteiger partial charge is 0.436 e. The van der Waals surface area contributed by atoms with Gasteiger partial charge in [0.25, 0.3) is 0 Å². The van der Waals surface area contributed by atoms with Crippen LogP contribution in [0.4, 0.5) is 18.9 Å². The first-order valence-corrected chi connectivity index (χ1v) is 8.30. The second kappa shape index (κ2) is 7.47. The Balaban J connectivity index is 2.17. The van der Waals surface area contributed by atoms with Crippen molar-refractivity contribution in [3.05, 3.63) is 40.1 Å². The van der Waals surface area contributed by atoms with E-state index < -0.39 is 23.8 Å². The molecule has 0 bridgehead atoms. The Morgan fingerprint density at radius 3 is 2.44 bits per heavy atom. The van der Waals surface area contributed by atoms with Gasteiger partial charge in [-0.05, 0) is 61.0 Å². The van der Waals surface area contributed by atoms with Crippen molar-refractivity contribution in [1.82, 2.24) is 9.78 Å². The van der Waals surface area contributed by atoms with Crippen molar-refractivity contribution in [1.29, 1.82) is 0 Å². The van der Waals surface area contributed by atoms with Crippen LogP contribution in [0.5, 0.6) is 5.75 Å². The third-order valence-electron chi connectivity index (χ3n) is 3.52. The number of carbonyl (C=O) groups is 1. The lowest BCUT2D eigenvalue weighted by Gasteiger charge is -2.15. The largest absolute Gasteiger partial charge is 0.494 e. The minimum atomic E-state index is -4.60. The van der Waals surface area contributed by atoms with Crippen molar-refractivity contribution in [3.8, 4) is 5.75 Å². The molecule has 136 valence electrons. The monoisotopic (exact) mass is 419 g/mol. The SMILES string of the molecule is CCOc1ccc(NC(=O)C(C)n2nc(C(F)(F)F)c(Br)c2C)cc1. The number of hydrogen-bond donors (Lipinski definition) is 1. The number of carbonyl (C=O) groups excluding carboxylic acids is 1. The summed E-state index contributed by atoms with van der Waals surface area (Å²) >= 11 is 2.89. The van der Waals surface area contributed by atoms with Gasteiger partial charge in [0.05, 0.1) is 16.8 Å². The molecule has 1 aromatic carbocycles. The van der Waals surface area contributed by atoms with Crippen LogP contribution in [0.1, 0.15) is 31.3 Å². The number of anilines is 1. The average Bonchev–Trinajstić information content (AvgIpc) is 2.84. The van der Waals surface area contributed by atoms with E-state index in [4.69, 9.17) is 4.74 Å². The van der Waals surface area contributed by atoms with E-state index in [0.717, 1.165) is 4.68 Å². The molecule has 0 aliphatic carbocycles. The molecular formula is C16H17BrF3N3O2. The van der Waals surface area contributed by atoms with Crippen LogP contribution in [0.2, 0.25) is 0 Å². The minimum Gasteiger partial charge on any atom is -0.494 e. The second-order valence-corrected chi connectivity index (χ2v) is 6.11. The Morgan fingerprint density at radius 2 is 1.96 bits per heavy atom. The van der Waals surface area contributed by atoms with Crippen molar-refractivity contribution in [2.75, 3.05) is 11.9 Å². The van der Waals surface area contributed by atoms with Crippen LogP contribution in [0, 0.1) is 6.92 Å². The van der Waals surface area contributed by atoms with Gasteiger partial charge >= 0.3 is 6.18 Å². The quantitative estimate of drug-likeness (QED) is 0.771. The molecule has 0 aliphatic heterocycles. The van der Waals surface area contributed by atoms with Crippen molar-refractivity contribution in [2.24, 2.45) is 0 Å². The van der Waals surface area contributed by atoms with Crippen LogP contribution in [0.25, 0.3) is 0 Å². The molecule has 0 saturated carbocycles. The van der Waals surface area contributed by atoms with Crippen LogP contribution >= 0.6 is 15.9 Å². The number of alkyl halides is 3. The molecule has 0 saturated heterocycles. The van der Waals surface area contributed by atoms with Gasteiger partial charge in [0.2, 0.25) is 5.91 Å². The number of hydrogen-bond acceptors (Lipinski definition) is 3. The van der Waals surface area contributed by atoms with Crippen LogP contribution in [-0.4, -0.2) is 22.3 Å². The van der Waals surface area contributed by atoms with Gasteiger partial charge in [-0.25, -0.2) is 0 Å². The maximum absolute atomic E-state index is 12.9. The number of halogens is 4. The molecule has 0 aliphatic rings. The Labute approximate surface area is 151 Å². The number of benzene rings is 1. The van der Waals surface area contributed by atoms with E-state index in [1.807, 2.05) is 6.92 Å². The van der Waals surface area contributed by atoms with Crippen LogP contribution in [0.15, 0.2) is 28.7 Å². The lowest BCUT2D eigenvalue weighted by Crippen LogP contribution is -2.25. The standard InChI is InChI=1S/C16H17BrF3N3O2/c1-4-25-12-7-5-11(6-8-12)21-15(24)10(3)23-9(2)13(17)14(22-23)16(18,19)20/h5-8,10H,4H2,1-3H3,(H,21,24). The maximum Gasteiger partial charge on any atom is 0.436 e. The minimum absolute atomic E-state index is 0.166. The molecule has 9 heteroatoms. The molecule has 1 unspecified atom stereocenters. The lowest BCUT2D eigenvalue weighted by molar-refractivity contribution is -0.142. The van der Waals surface area contributed by atoms with Crippen LogP contribution in [-0.2, 0) is 11.0 Å². The van der Waals surface area contributed by atoms with Crippen molar-refractivity contribution in [2.45, 2.75) is 33.0 Å². The summed E-state index contributed by atoms with van der Waals surface area (Å²) in [6, 6.07) is 5.78. The van der Waals surface area contributed by atoms with E-state index in [1.54, 1.807) is 24.3 Å². The molecule has 0 fully saturated rings. The average molecular weight is 420 g/mol. The summed E-state index contributed by atoms with van der Waals surface area (Å²) in [6.07, 6.45) is -4.60. The van der Waals surface area contributed by atoms with E-state index in [9.17, 15) is 18.0 Å². The number of ether oxygens (including phenoxy) is 1. The van der Waals surface area contributed by atoms with E-state index in [1.165, 1.54) is 13.8 Å². The van der Waals surface area contributed by atoms with Gasteiger partial charge in [0.1, 0.15) is 11.8 Å². The molecule has 25 heavy (non-hydrogen) atoms. The molecule has 0 radical (unpaired) electrons. The second-order valence-electron chi connectivity index (χ2n) is 5.31. The molecule has 1 atom stereocenters. The van der Waals surface area contributed by atoms with E-state index in [-0.39, 0.29) is 10.2 Å². The van der Waals surface area contributed by atoms with Gasteiger partial charge < -0.3 is 10.1 Å². The highest BCUT2D eigenvalue weighted by molar-refractivity contribution is 9.10. The first-order chi connectivity index (χ1) is 11.6. The molecule has 1 aromatic heterocycles. The van der Waals surface area contributed by atoms with Crippen molar-refractivity contribution in [3.63, 3.8) is 0 Å². The summed E-state index contributed by atoms with van der Waals surface area (Å²) in [6.45, 7) is 5.33. The summed E-state index contributed by atoms with van der Waals surface area (Å²) in [7, 11) is 0. The van der Waals surface area contributed by atoms with Crippen LogP contribution < -0.4 is 10.1 Å². The summed E-state index contributed by atoms with van der Waals surface area (Å²) in [5, 5.41) is 6.20. The highest BCUT2D eigenvalue weighted by Gasteiger charge is 2.38. The van der Waals surface area contributed by atoms with Gasteiger partial charge in [-0.3, -0.25) is 9.48 Å². The third kappa shape index (κ3) is 4.33. The number of nitrogens with one attached hydrogen (secondary N) is 1. The highest BCUT2D eigenvalue weighted by atomic mass is 79.9. The zero-order valence-corrected chi connectivity index (χ0v) is 15.4. The van der Waals surface area contributed by atoms with Crippen molar-refractivity contribution < 1.29 is 22.7 Å². The molecule has 0 spiro atoms. The molecule has 5 nitrogen and oxygen atoms in total. The topological polar surface area (TPSA) is 56.1 Å². The van der Waals surface area contributed by atoms with Gasteiger partial charge in [-0.15, -0.1) is 0 Å². The first-order valence-electron chi connectivity index (χ1n) is 7.50. The normalized spacial score (nSPS) is 12.8. The fraction of sp³-hybridized carbons (Fsp3) is 0.375. The number of nitrogens with zero attached hydrogens (tertiary/aromatic N) is 2. The van der Waals surface area contributed by atoms with Gasteiger partial charge in [-0.2, -0.15) is 18.3 Å². The Morgan fingerprint density at radius 1 is 1.36 bits per heavy atom.